The van der Waals surface area contributed by atoms with Gasteiger partial charge >= 0.3 is 6.09 Å². The minimum atomic E-state index is -0.523. The summed E-state index contributed by atoms with van der Waals surface area (Å²) in [6.07, 6.45) is 1.69. The number of unbranched alkanes of at least 4 members (excludes halogenated alkanes) is 1. The van der Waals surface area contributed by atoms with Crippen LogP contribution in [0, 0.1) is 27.7 Å². The average Bonchev–Trinajstić information content (AvgIpc) is 2.71. The zero-order chi connectivity index (χ0) is 25.3. The molecule has 0 fully saturated rings. The van der Waals surface area contributed by atoms with Gasteiger partial charge in [0.25, 0.3) is 0 Å². The van der Waals surface area contributed by atoms with Gasteiger partial charge in [-0.2, -0.15) is 0 Å². The molecule has 0 aliphatic carbocycles. The molecule has 7 nitrogen and oxygen atoms in total. The van der Waals surface area contributed by atoms with Crippen molar-refractivity contribution in [2.24, 2.45) is 10.2 Å². The number of hydrogen-bond donors (Lipinski definition) is 1. The van der Waals surface area contributed by atoms with E-state index in [9.17, 15) is 4.79 Å². The molecule has 2 rings (SSSR count). The first-order valence-corrected chi connectivity index (χ1v) is 11.9. The largest absolute Gasteiger partial charge is 0.494 e. The number of azo groups is 1. The van der Waals surface area contributed by atoms with E-state index in [2.05, 4.69) is 22.5 Å². The maximum absolute atomic E-state index is 11.7. The Balaban J connectivity index is 2.02. The number of aryl methyl sites for hydroxylation is 4. The quantitative estimate of drug-likeness (QED) is 0.290. The molecule has 0 aromatic heterocycles. The van der Waals surface area contributed by atoms with Crippen molar-refractivity contribution >= 4 is 17.5 Å². The molecule has 0 saturated carbocycles. The molecule has 0 aliphatic heterocycles. The minimum absolute atomic E-state index is 0.337. The summed E-state index contributed by atoms with van der Waals surface area (Å²) in [5, 5.41) is 11.8. The summed E-state index contributed by atoms with van der Waals surface area (Å²) in [5.41, 5.74) is 5.15. The van der Waals surface area contributed by atoms with Gasteiger partial charge in [0.05, 0.1) is 24.5 Å². The van der Waals surface area contributed by atoms with Crippen molar-refractivity contribution in [3.05, 3.63) is 46.5 Å². The van der Waals surface area contributed by atoms with Crippen molar-refractivity contribution < 1.29 is 19.0 Å². The number of carbonyl (C=O) groups excluding carboxylic acids is 1. The number of hydrogen-bond acceptors (Lipinski definition) is 6. The first kappa shape index (κ1) is 27.2. The van der Waals surface area contributed by atoms with Crippen LogP contribution < -0.4 is 14.8 Å². The van der Waals surface area contributed by atoms with Gasteiger partial charge in [-0.15, -0.1) is 10.2 Å². The van der Waals surface area contributed by atoms with Crippen molar-refractivity contribution in [2.45, 2.75) is 73.8 Å². The molecule has 1 amide bonds. The molecule has 0 aliphatic rings. The Kier molecular flexibility index (Phi) is 9.90. The highest BCUT2D eigenvalue weighted by Gasteiger charge is 2.15. The molecule has 2 aromatic rings. The van der Waals surface area contributed by atoms with Crippen molar-refractivity contribution in [3.63, 3.8) is 0 Å². The third-order valence-corrected chi connectivity index (χ3v) is 4.98. The zero-order valence-electron chi connectivity index (χ0n) is 21.9. The summed E-state index contributed by atoms with van der Waals surface area (Å²) in [5.74, 6) is 1.60. The second-order valence-electron chi connectivity index (χ2n) is 9.49. The van der Waals surface area contributed by atoms with Crippen LogP contribution in [-0.2, 0) is 4.74 Å². The van der Waals surface area contributed by atoms with E-state index in [0.29, 0.717) is 13.2 Å². The van der Waals surface area contributed by atoms with Crippen LogP contribution in [0.3, 0.4) is 0 Å². The predicted octanol–water partition coefficient (Wildman–Crippen LogP) is 7.42. The fraction of sp³-hybridized carbons (Fsp3) is 0.519. The molecule has 0 spiro atoms. The summed E-state index contributed by atoms with van der Waals surface area (Å²) < 4.78 is 16.9. The summed E-state index contributed by atoms with van der Waals surface area (Å²) in [6, 6.07) is 7.89. The fourth-order valence-electron chi connectivity index (χ4n) is 3.38. The van der Waals surface area contributed by atoms with Crippen molar-refractivity contribution in [2.75, 3.05) is 19.8 Å². The van der Waals surface area contributed by atoms with Gasteiger partial charge in [0.15, 0.2) is 0 Å². The molecule has 0 radical (unpaired) electrons. The predicted molar refractivity (Wildman–Crippen MR) is 136 cm³/mol. The highest BCUT2D eigenvalue weighted by molar-refractivity contribution is 5.67. The van der Waals surface area contributed by atoms with Crippen LogP contribution in [0.5, 0.6) is 11.5 Å². The first-order chi connectivity index (χ1) is 16.0. The molecular weight excluding hydrogens is 430 g/mol. The molecule has 0 atom stereocenters. The molecule has 34 heavy (non-hydrogen) atoms. The number of nitrogens with zero attached hydrogens (tertiary/aromatic N) is 2. The molecule has 0 unspecified atom stereocenters. The molecule has 1 N–H and O–H groups in total. The fourth-order valence-corrected chi connectivity index (χ4v) is 3.38. The summed E-state index contributed by atoms with van der Waals surface area (Å²) >= 11 is 0. The van der Waals surface area contributed by atoms with E-state index in [-0.39, 0.29) is 0 Å². The average molecular weight is 470 g/mol. The number of rotatable bonds is 10. The van der Waals surface area contributed by atoms with Gasteiger partial charge in [0.2, 0.25) is 0 Å². The summed E-state index contributed by atoms with van der Waals surface area (Å²) in [6.45, 7) is 17.1. The summed E-state index contributed by atoms with van der Waals surface area (Å²) in [7, 11) is 0. The first-order valence-electron chi connectivity index (χ1n) is 11.9. The van der Waals surface area contributed by atoms with Crippen molar-refractivity contribution in [1.29, 1.82) is 0 Å². The Morgan fingerprint density at radius 3 is 1.68 bits per heavy atom. The zero-order valence-corrected chi connectivity index (χ0v) is 21.9. The molecule has 186 valence electrons. The lowest BCUT2D eigenvalue weighted by Gasteiger charge is -2.19. The van der Waals surface area contributed by atoms with E-state index in [4.69, 9.17) is 14.2 Å². The van der Waals surface area contributed by atoms with Gasteiger partial charge in [-0.3, -0.25) is 0 Å². The Morgan fingerprint density at radius 1 is 0.824 bits per heavy atom. The van der Waals surface area contributed by atoms with Crippen molar-refractivity contribution in [1.82, 2.24) is 5.32 Å². The van der Waals surface area contributed by atoms with E-state index < -0.39 is 11.7 Å². The highest BCUT2D eigenvalue weighted by Crippen LogP contribution is 2.33. The second kappa shape index (κ2) is 12.4. The second-order valence-corrected chi connectivity index (χ2v) is 9.49. The maximum atomic E-state index is 11.7. The minimum Gasteiger partial charge on any atom is -0.494 e. The monoisotopic (exact) mass is 469 g/mol. The van der Waals surface area contributed by atoms with Crippen LogP contribution in [0.4, 0.5) is 16.2 Å². The van der Waals surface area contributed by atoms with Gasteiger partial charge in [0.1, 0.15) is 23.7 Å². The Bertz CT molecular complexity index is 963. The van der Waals surface area contributed by atoms with Crippen LogP contribution in [0.2, 0.25) is 0 Å². The van der Waals surface area contributed by atoms with Crippen LogP contribution in [-0.4, -0.2) is 31.5 Å². The van der Waals surface area contributed by atoms with E-state index >= 15 is 0 Å². The van der Waals surface area contributed by atoms with Gasteiger partial charge < -0.3 is 19.5 Å². The lowest BCUT2D eigenvalue weighted by molar-refractivity contribution is 0.0520. The normalized spacial score (nSPS) is 11.5. The van der Waals surface area contributed by atoms with Crippen LogP contribution >= 0.6 is 0 Å². The molecule has 0 heterocycles. The Morgan fingerprint density at radius 2 is 1.26 bits per heavy atom. The van der Waals surface area contributed by atoms with E-state index in [1.807, 2.05) is 72.7 Å². The molecule has 0 saturated heterocycles. The van der Waals surface area contributed by atoms with Crippen LogP contribution in [0.1, 0.15) is 62.8 Å². The molecule has 0 bridgehead atoms. The maximum Gasteiger partial charge on any atom is 0.407 e. The number of carbonyl (C=O) groups is 1. The standard InChI is InChI=1S/C27H39N3O4/c1-9-10-12-32-22-14-18(2)24(19(3)15-22)29-30-25-20(4)16-23(17-21(25)5)33-13-11-28-26(31)34-27(6,7)8/h14-17H,9-13H2,1-8H3,(H,28,31). The van der Waals surface area contributed by atoms with E-state index in [1.54, 1.807) is 0 Å². The van der Waals surface area contributed by atoms with Gasteiger partial charge in [0, 0.05) is 0 Å². The van der Waals surface area contributed by atoms with Crippen molar-refractivity contribution in [3.8, 4) is 11.5 Å². The van der Waals surface area contributed by atoms with E-state index in [0.717, 1.165) is 64.6 Å². The lowest BCUT2D eigenvalue weighted by atomic mass is 10.1. The SMILES string of the molecule is CCCCOc1cc(C)c(N=Nc2c(C)cc(OCCNC(=O)OC(C)(C)C)cc2C)c(C)c1. The third kappa shape index (κ3) is 8.69. The number of ether oxygens (including phenoxy) is 3. The smallest absolute Gasteiger partial charge is 0.407 e. The highest BCUT2D eigenvalue weighted by atomic mass is 16.6. The van der Waals surface area contributed by atoms with Crippen LogP contribution in [0.25, 0.3) is 0 Å². The summed E-state index contributed by atoms with van der Waals surface area (Å²) in [4.78, 5) is 11.7. The number of alkyl carbamates (subject to hydrolysis) is 1. The van der Waals surface area contributed by atoms with Crippen LogP contribution in [0.15, 0.2) is 34.5 Å². The number of nitrogens with one attached hydrogen (secondary N) is 1. The third-order valence-electron chi connectivity index (χ3n) is 4.98. The topological polar surface area (TPSA) is 81.5 Å². The Hall–Kier alpha value is -3.09. The van der Waals surface area contributed by atoms with Gasteiger partial charge in [-0.05, 0) is 101 Å². The lowest BCUT2D eigenvalue weighted by Crippen LogP contribution is -2.34. The molecular formula is C27H39N3O4. The molecule has 2 aromatic carbocycles. The van der Waals surface area contributed by atoms with Gasteiger partial charge in [-0.25, -0.2) is 4.79 Å². The molecule has 7 heteroatoms. The van der Waals surface area contributed by atoms with Gasteiger partial charge in [-0.1, -0.05) is 13.3 Å². The number of amides is 1. The number of benzene rings is 2. The Labute approximate surface area is 203 Å². The van der Waals surface area contributed by atoms with E-state index in [1.165, 1.54) is 0 Å².